The van der Waals surface area contributed by atoms with Crippen molar-refractivity contribution in [2.24, 2.45) is 0 Å². The van der Waals surface area contributed by atoms with Crippen molar-refractivity contribution in [3.8, 4) is 11.3 Å². The summed E-state index contributed by atoms with van der Waals surface area (Å²) in [6.45, 7) is 8.70. The van der Waals surface area contributed by atoms with Crippen molar-refractivity contribution in [1.82, 2.24) is 9.38 Å². The summed E-state index contributed by atoms with van der Waals surface area (Å²) in [7, 11) is 0. The lowest BCUT2D eigenvalue weighted by Crippen LogP contribution is -2.32. The summed E-state index contributed by atoms with van der Waals surface area (Å²) in [4.78, 5) is 20.4. The molecule has 0 unspecified atom stereocenters. The number of carbonyl (C=O) groups is 1. The Morgan fingerprint density at radius 1 is 0.931 bits per heavy atom. The SMILES string of the molecule is CCN(C(=O)c1c(-c2ccc(C)cc2)nc2ccc(C)cn12)c1cccc(C)c1. The van der Waals surface area contributed by atoms with E-state index in [0.717, 1.165) is 28.0 Å². The number of benzene rings is 2. The Morgan fingerprint density at radius 2 is 1.66 bits per heavy atom. The van der Waals surface area contributed by atoms with Gasteiger partial charge >= 0.3 is 0 Å². The van der Waals surface area contributed by atoms with Crippen LogP contribution in [0.1, 0.15) is 34.1 Å². The van der Waals surface area contributed by atoms with E-state index in [0.29, 0.717) is 17.9 Å². The van der Waals surface area contributed by atoms with Crippen LogP contribution < -0.4 is 4.90 Å². The Kier molecular flexibility index (Phi) is 4.93. The van der Waals surface area contributed by atoms with Gasteiger partial charge in [-0.2, -0.15) is 0 Å². The van der Waals surface area contributed by atoms with Crippen LogP contribution in [0.25, 0.3) is 16.9 Å². The van der Waals surface area contributed by atoms with E-state index in [2.05, 4.69) is 19.1 Å². The minimum absolute atomic E-state index is 0.0493. The number of carbonyl (C=O) groups excluding carboxylic acids is 1. The highest BCUT2D eigenvalue weighted by Gasteiger charge is 2.25. The molecule has 0 saturated heterocycles. The number of fused-ring (bicyclic) bond motifs is 1. The normalized spacial score (nSPS) is 11.0. The van der Waals surface area contributed by atoms with E-state index in [1.165, 1.54) is 5.56 Å². The van der Waals surface area contributed by atoms with E-state index in [9.17, 15) is 4.79 Å². The third-order valence-electron chi connectivity index (χ3n) is 5.17. The molecule has 0 saturated carbocycles. The molecule has 0 N–H and O–H groups in total. The van der Waals surface area contributed by atoms with E-state index in [1.54, 1.807) is 0 Å². The molecule has 1 amide bonds. The molecular weight excluding hydrogens is 358 g/mol. The van der Waals surface area contributed by atoms with E-state index in [4.69, 9.17) is 4.98 Å². The Morgan fingerprint density at radius 3 is 2.34 bits per heavy atom. The molecule has 0 bridgehead atoms. The van der Waals surface area contributed by atoms with Gasteiger partial charge in [-0.15, -0.1) is 0 Å². The van der Waals surface area contributed by atoms with Gasteiger partial charge in [-0.3, -0.25) is 9.20 Å². The second-order valence-corrected chi connectivity index (χ2v) is 7.50. The zero-order valence-electron chi connectivity index (χ0n) is 17.3. The summed E-state index contributed by atoms with van der Waals surface area (Å²) < 4.78 is 1.92. The number of aryl methyl sites for hydroxylation is 3. The summed E-state index contributed by atoms with van der Waals surface area (Å²) >= 11 is 0. The topological polar surface area (TPSA) is 37.6 Å². The maximum atomic E-state index is 13.8. The zero-order valence-corrected chi connectivity index (χ0v) is 17.3. The highest BCUT2D eigenvalue weighted by atomic mass is 16.2. The monoisotopic (exact) mass is 383 g/mol. The average molecular weight is 383 g/mol. The number of hydrogen-bond donors (Lipinski definition) is 0. The number of hydrogen-bond acceptors (Lipinski definition) is 2. The van der Waals surface area contributed by atoms with Gasteiger partial charge in [0.15, 0.2) is 0 Å². The molecule has 2 heterocycles. The van der Waals surface area contributed by atoms with Crippen LogP contribution in [0, 0.1) is 20.8 Å². The largest absolute Gasteiger partial charge is 0.307 e. The van der Waals surface area contributed by atoms with Crippen molar-refractivity contribution in [2.75, 3.05) is 11.4 Å². The van der Waals surface area contributed by atoms with Crippen LogP contribution in [0.2, 0.25) is 0 Å². The lowest BCUT2D eigenvalue weighted by molar-refractivity contribution is 0.0983. The smallest absolute Gasteiger partial charge is 0.277 e. The Labute approximate surface area is 171 Å². The summed E-state index contributed by atoms with van der Waals surface area (Å²) in [5, 5.41) is 0. The Bertz CT molecular complexity index is 1190. The van der Waals surface area contributed by atoms with Gasteiger partial charge in [-0.1, -0.05) is 48.0 Å². The van der Waals surface area contributed by atoms with Crippen molar-refractivity contribution < 1.29 is 4.79 Å². The molecule has 4 heteroatoms. The Balaban J connectivity index is 1.92. The van der Waals surface area contributed by atoms with E-state index in [-0.39, 0.29) is 5.91 Å². The number of nitrogens with zero attached hydrogens (tertiary/aromatic N) is 3. The second kappa shape index (κ2) is 7.55. The molecule has 2 aromatic heterocycles. The first-order valence-electron chi connectivity index (χ1n) is 9.92. The predicted molar refractivity (Wildman–Crippen MR) is 119 cm³/mol. The number of pyridine rings is 1. The fraction of sp³-hybridized carbons (Fsp3) is 0.200. The molecule has 4 rings (SSSR count). The first kappa shape index (κ1) is 18.9. The third kappa shape index (κ3) is 3.54. The molecule has 0 radical (unpaired) electrons. The number of imidazole rings is 1. The molecule has 4 nitrogen and oxygen atoms in total. The lowest BCUT2D eigenvalue weighted by atomic mass is 10.1. The molecule has 29 heavy (non-hydrogen) atoms. The van der Waals surface area contributed by atoms with Crippen molar-refractivity contribution in [2.45, 2.75) is 27.7 Å². The molecule has 2 aromatic carbocycles. The van der Waals surface area contributed by atoms with Crippen molar-refractivity contribution in [1.29, 1.82) is 0 Å². The third-order valence-corrected chi connectivity index (χ3v) is 5.17. The van der Waals surface area contributed by atoms with Gasteiger partial charge in [-0.25, -0.2) is 4.98 Å². The highest BCUT2D eigenvalue weighted by molar-refractivity contribution is 6.09. The molecule has 0 aliphatic heterocycles. The van der Waals surface area contributed by atoms with Crippen LogP contribution in [0.4, 0.5) is 5.69 Å². The second-order valence-electron chi connectivity index (χ2n) is 7.50. The van der Waals surface area contributed by atoms with Crippen LogP contribution in [0.5, 0.6) is 0 Å². The summed E-state index contributed by atoms with van der Waals surface area (Å²) in [6.07, 6.45) is 1.98. The Hall–Kier alpha value is -3.40. The van der Waals surface area contributed by atoms with Crippen molar-refractivity contribution in [3.63, 3.8) is 0 Å². The molecule has 0 atom stereocenters. The molecule has 4 aromatic rings. The predicted octanol–water partition coefficient (Wildman–Crippen LogP) is 5.59. The van der Waals surface area contributed by atoms with Crippen LogP contribution in [0.3, 0.4) is 0 Å². The van der Waals surface area contributed by atoms with Crippen LogP contribution in [-0.2, 0) is 0 Å². The van der Waals surface area contributed by atoms with Gasteiger partial charge in [0.25, 0.3) is 5.91 Å². The van der Waals surface area contributed by atoms with Gasteiger partial charge in [-0.05, 0) is 57.0 Å². The summed E-state index contributed by atoms with van der Waals surface area (Å²) in [6, 6.07) is 20.2. The zero-order chi connectivity index (χ0) is 20.5. The minimum Gasteiger partial charge on any atom is -0.307 e. The molecule has 0 aliphatic rings. The standard InChI is InChI=1S/C25H25N3O/c1-5-27(21-8-6-7-18(3)15-21)25(29)24-23(20-12-9-17(2)10-13-20)26-22-14-11-19(4)16-28(22)24/h6-16H,5H2,1-4H3. The lowest BCUT2D eigenvalue weighted by Gasteiger charge is -2.22. The van der Waals surface area contributed by atoms with Crippen LogP contribution in [-0.4, -0.2) is 21.8 Å². The van der Waals surface area contributed by atoms with Crippen LogP contribution >= 0.6 is 0 Å². The van der Waals surface area contributed by atoms with Gasteiger partial charge < -0.3 is 4.90 Å². The molecule has 0 aliphatic carbocycles. The van der Waals surface area contributed by atoms with Crippen LogP contribution in [0.15, 0.2) is 66.9 Å². The molecule has 0 fully saturated rings. The molecule has 146 valence electrons. The highest BCUT2D eigenvalue weighted by Crippen LogP contribution is 2.28. The molecular formula is C25H25N3O. The first-order valence-corrected chi connectivity index (χ1v) is 9.92. The maximum Gasteiger partial charge on any atom is 0.277 e. The van der Waals surface area contributed by atoms with Crippen molar-refractivity contribution >= 4 is 17.2 Å². The van der Waals surface area contributed by atoms with Crippen molar-refractivity contribution in [3.05, 3.63) is 89.2 Å². The fourth-order valence-corrected chi connectivity index (χ4v) is 3.64. The number of anilines is 1. The first-order chi connectivity index (χ1) is 14.0. The minimum atomic E-state index is -0.0493. The fourth-order valence-electron chi connectivity index (χ4n) is 3.64. The summed E-state index contributed by atoms with van der Waals surface area (Å²) in [5.74, 6) is -0.0493. The number of amides is 1. The summed E-state index contributed by atoms with van der Waals surface area (Å²) in [5.41, 5.74) is 7.31. The number of rotatable bonds is 4. The van der Waals surface area contributed by atoms with E-state index in [1.807, 2.05) is 84.8 Å². The van der Waals surface area contributed by atoms with Gasteiger partial charge in [0.2, 0.25) is 0 Å². The number of aromatic nitrogens is 2. The molecule has 0 spiro atoms. The van der Waals surface area contributed by atoms with E-state index < -0.39 is 0 Å². The maximum absolute atomic E-state index is 13.8. The van der Waals surface area contributed by atoms with Gasteiger partial charge in [0.05, 0.1) is 0 Å². The van der Waals surface area contributed by atoms with Gasteiger partial charge in [0, 0.05) is 24.0 Å². The van der Waals surface area contributed by atoms with Gasteiger partial charge in [0.1, 0.15) is 17.0 Å². The quantitative estimate of drug-likeness (QED) is 0.460. The van der Waals surface area contributed by atoms with E-state index >= 15 is 0 Å². The average Bonchev–Trinajstić information content (AvgIpc) is 3.07.